The molecule has 2 amide bonds. The summed E-state index contributed by atoms with van der Waals surface area (Å²) >= 11 is 0. The number of benzene rings is 1. The molecule has 8 heteroatoms. The summed E-state index contributed by atoms with van der Waals surface area (Å²) in [7, 11) is 1.63. The van der Waals surface area contributed by atoms with E-state index in [2.05, 4.69) is 15.6 Å². The van der Waals surface area contributed by atoms with Crippen LogP contribution in [-0.2, 0) is 9.59 Å². The maximum atomic E-state index is 13.7. The molecule has 0 aliphatic carbocycles. The summed E-state index contributed by atoms with van der Waals surface area (Å²) in [6.45, 7) is 4.35. The number of likely N-dealkylation sites (tertiary alicyclic amines) is 1. The molecule has 144 valence electrons. The van der Waals surface area contributed by atoms with E-state index in [1.807, 2.05) is 13.0 Å². The zero-order chi connectivity index (χ0) is 18.4. The molecule has 1 aliphatic rings. The van der Waals surface area contributed by atoms with Crippen LogP contribution in [0.2, 0.25) is 0 Å². The molecule has 6 nitrogen and oxygen atoms in total. The van der Waals surface area contributed by atoms with Gasteiger partial charge >= 0.3 is 0 Å². The maximum Gasteiger partial charge on any atom is 0.229 e. The van der Waals surface area contributed by atoms with Crippen molar-refractivity contribution in [3.05, 3.63) is 35.1 Å². The zero-order valence-corrected chi connectivity index (χ0v) is 17.7. The fraction of sp³-hybridized carbons (Fsp3) is 0.500. The molecule has 1 atom stereocenters. The SMILES string of the molecule is CN=C(NCCN1C(=O)CCCC1=O)NC(C)c1ccc(C)c(F)c1.I. The van der Waals surface area contributed by atoms with Crippen LogP contribution >= 0.6 is 24.0 Å². The largest absolute Gasteiger partial charge is 0.355 e. The maximum absolute atomic E-state index is 13.7. The van der Waals surface area contributed by atoms with Crippen LogP contribution in [0.3, 0.4) is 0 Å². The standard InChI is InChI=1S/C18H25FN4O2.HI/c1-12-7-8-14(11-15(12)19)13(2)22-18(20-3)21-9-10-23-16(24)5-4-6-17(23)25;/h7-8,11,13H,4-6,9-10H2,1-3H3,(H2,20,21,22);1H. The third-order valence-electron chi connectivity index (χ3n) is 4.28. The quantitative estimate of drug-likeness (QED) is 0.297. The molecule has 1 aromatic rings. The number of nitrogens with one attached hydrogen (secondary N) is 2. The van der Waals surface area contributed by atoms with Gasteiger partial charge in [0, 0.05) is 33.0 Å². The molecule has 26 heavy (non-hydrogen) atoms. The molecule has 0 spiro atoms. The summed E-state index contributed by atoms with van der Waals surface area (Å²) < 4.78 is 13.7. The summed E-state index contributed by atoms with van der Waals surface area (Å²) in [5.41, 5.74) is 1.42. The van der Waals surface area contributed by atoms with Crippen molar-refractivity contribution >= 4 is 41.8 Å². The van der Waals surface area contributed by atoms with Gasteiger partial charge in [0.2, 0.25) is 11.8 Å². The first-order valence-corrected chi connectivity index (χ1v) is 8.48. The zero-order valence-electron chi connectivity index (χ0n) is 15.3. The summed E-state index contributed by atoms with van der Waals surface area (Å²) in [6.07, 6.45) is 1.49. The molecule has 1 fully saturated rings. The van der Waals surface area contributed by atoms with Gasteiger partial charge in [0.1, 0.15) is 5.82 Å². The van der Waals surface area contributed by atoms with Gasteiger partial charge in [-0.25, -0.2) is 4.39 Å². The topological polar surface area (TPSA) is 73.8 Å². The normalized spacial score (nSPS) is 16.2. The second-order valence-electron chi connectivity index (χ2n) is 6.17. The Labute approximate surface area is 170 Å². The van der Waals surface area contributed by atoms with Gasteiger partial charge in [0.15, 0.2) is 5.96 Å². The lowest BCUT2D eigenvalue weighted by Gasteiger charge is -2.25. The third kappa shape index (κ3) is 5.93. The summed E-state index contributed by atoms with van der Waals surface area (Å²) in [5.74, 6) is 0.0515. The van der Waals surface area contributed by atoms with Crippen LogP contribution in [0.15, 0.2) is 23.2 Å². The van der Waals surface area contributed by atoms with Crippen LogP contribution in [0.1, 0.15) is 43.4 Å². The monoisotopic (exact) mass is 476 g/mol. The molecule has 0 radical (unpaired) electrons. The number of carbonyl (C=O) groups is 2. The predicted octanol–water partition coefficient (Wildman–Crippen LogP) is 2.52. The minimum atomic E-state index is -0.240. The lowest BCUT2D eigenvalue weighted by atomic mass is 10.1. The molecule has 1 aliphatic heterocycles. The molecular weight excluding hydrogens is 450 g/mol. The van der Waals surface area contributed by atoms with E-state index in [-0.39, 0.29) is 47.7 Å². The van der Waals surface area contributed by atoms with Gasteiger partial charge in [-0.2, -0.15) is 0 Å². The molecule has 0 bridgehead atoms. The lowest BCUT2D eigenvalue weighted by Crippen LogP contribution is -2.46. The summed E-state index contributed by atoms with van der Waals surface area (Å²) in [4.78, 5) is 29.0. The van der Waals surface area contributed by atoms with Crippen molar-refractivity contribution in [1.29, 1.82) is 0 Å². The molecule has 1 heterocycles. The van der Waals surface area contributed by atoms with Crippen LogP contribution < -0.4 is 10.6 Å². The van der Waals surface area contributed by atoms with Crippen LogP contribution in [0.5, 0.6) is 0 Å². The van der Waals surface area contributed by atoms with Gasteiger partial charge in [-0.1, -0.05) is 12.1 Å². The number of aryl methyl sites for hydroxylation is 1. The number of piperidine rings is 1. The average molecular weight is 476 g/mol. The van der Waals surface area contributed by atoms with Gasteiger partial charge in [-0.3, -0.25) is 19.5 Å². The lowest BCUT2D eigenvalue weighted by molar-refractivity contribution is -0.147. The number of nitrogens with zero attached hydrogens (tertiary/aromatic N) is 2. The Morgan fingerprint density at radius 2 is 1.96 bits per heavy atom. The number of imide groups is 1. The van der Waals surface area contributed by atoms with E-state index >= 15 is 0 Å². The Kier molecular flexibility index (Phi) is 8.97. The van der Waals surface area contributed by atoms with Crippen molar-refractivity contribution in [2.75, 3.05) is 20.1 Å². The van der Waals surface area contributed by atoms with E-state index in [1.165, 1.54) is 11.0 Å². The number of hydrogen-bond donors (Lipinski definition) is 2. The van der Waals surface area contributed by atoms with Gasteiger partial charge in [0.25, 0.3) is 0 Å². The molecule has 2 rings (SSSR count). The molecule has 1 unspecified atom stereocenters. The minimum Gasteiger partial charge on any atom is -0.355 e. The van der Waals surface area contributed by atoms with E-state index in [4.69, 9.17) is 0 Å². The Bertz CT molecular complexity index is 665. The highest BCUT2D eigenvalue weighted by molar-refractivity contribution is 14.0. The van der Waals surface area contributed by atoms with Crippen LogP contribution in [-0.4, -0.2) is 42.8 Å². The van der Waals surface area contributed by atoms with Crippen molar-refractivity contribution in [2.24, 2.45) is 4.99 Å². The molecule has 0 aromatic heterocycles. The smallest absolute Gasteiger partial charge is 0.229 e. The van der Waals surface area contributed by atoms with E-state index in [9.17, 15) is 14.0 Å². The van der Waals surface area contributed by atoms with Crippen molar-refractivity contribution in [3.8, 4) is 0 Å². The fourth-order valence-electron chi connectivity index (χ4n) is 2.70. The third-order valence-corrected chi connectivity index (χ3v) is 4.28. The first kappa shape index (κ1) is 22.3. The van der Waals surface area contributed by atoms with Crippen LogP contribution in [0.4, 0.5) is 4.39 Å². The average Bonchev–Trinajstić information content (AvgIpc) is 2.58. The number of hydrogen-bond acceptors (Lipinski definition) is 3. The number of aliphatic imine (C=N–C) groups is 1. The van der Waals surface area contributed by atoms with Gasteiger partial charge < -0.3 is 10.6 Å². The Morgan fingerprint density at radius 1 is 1.31 bits per heavy atom. The first-order chi connectivity index (χ1) is 11.9. The van der Waals surface area contributed by atoms with E-state index in [0.717, 1.165) is 5.56 Å². The summed E-state index contributed by atoms with van der Waals surface area (Å²) in [6, 6.07) is 4.98. The highest BCUT2D eigenvalue weighted by Crippen LogP contribution is 2.16. The van der Waals surface area contributed by atoms with Gasteiger partial charge in [-0.05, 0) is 37.5 Å². The van der Waals surface area contributed by atoms with Crippen molar-refractivity contribution in [2.45, 2.75) is 39.2 Å². The first-order valence-electron chi connectivity index (χ1n) is 8.48. The highest BCUT2D eigenvalue weighted by atomic mass is 127. The second-order valence-corrected chi connectivity index (χ2v) is 6.17. The Morgan fingerprint density at radius 3 is 2.54 bits per heavy atom. The second kappa shape index (κ2) is 10.4. The Balaban J connectivity index is 0.00000338. The minimum absolute atomic E-state index is 0. The fourth-order valence-corrected chi connectivity index (χ4v) is 2.70. The molecule has 1 saturated heterocycles. The number of rotatable bonds is 5. The molecule has 0 saturated carbocycles. The number of halogens is 2. The molecule has 2 N–H and O–H groups in total. The number of carbonyl (C=O) groups excluding carboxylic acids is 2. The van der Waals surface area contributed by atoms with Gasteiger partial charge in [-0.15, -0.1) is 24.0 Å². The van der Waals surface area contributed by atoms with Crippen LogP contribution in [0.25, 0.3) is 0 Å². The molecular formula is C18H26FIN4O2. The molecule has 1 aromatic carbocycles. The van der Waals surface area contributed by atoms with Crippen molar-refractivity contribution in [1.82, 2.24) is 15.5 Å². The van der Waals surface area contributed by atoms with E-state index in [0.29, 0.717) is 43.9 Å². The van der Waals surface area contributed by atoms with Crippen molar-refractivity contribution in [3.63, 3.8) is 0 Å². The Hall–Kier alpha value is -1.71. The van der Waals surface area contributed by atoms with E-state index in [1.54, 1.807) is 20.0 Å². The number of guanidine groups is 1. The van der Waals surface area contributed by atoms with Gasteiger partial charge in [0.05, 0.1) is 6.04 Å². The van der Waals surface area contributed by atoms with Crippen LogP contribution in [0, 0.1) is 12.7 Å². The van der Waals surface area contributed by atoms with Crippen molar-refractivity contribution < 1.29 is 14.0 Å². The highest BCUT2D eigenvalue weighted by Gasteiger charge is 2.25. The van der Waals surface area contributed by atoms with E-state index < -0.39 is 0 Å². The predicted molar refractivity (Wildman–Crippen MR) is 110 cm³/mol. The number of amides is 2. The summed E-state index contributed by atoms with van der Waals surface area (Å²) in [5, 5.41) is 6.26.